The average molecular weight is 171 g/mol. The summed E-state index contributed by atoms with van der Waals surface area (Å²) in [7, 11) is 3.57. The van der Waals surface area contributed by atoms with Crippen molar-refractivity contribution in [3.05, 3.63) is 41.0 Å². The first-order valence-electron chi connectivity index (χ1n) is 4.24. The van der Waals surface area contributed by atoms with Crippen molar-refractivity contribution >= 4 is 16.3 Å². The zero-order valence-electron chi connectivity index (χ0n) is 7.17. The second-order valence-corrected chi connectivity index (χ2v) is 3.71. The van der Waals surface area contributed by atoms with E-state index in [1.807, 2.05) is 0 Å². The predicted molar refractivity (Wildman–Crippen MR) is 53.5 cm³/mol. The highest BCUT2D eigenvalue weighted by molar-refractivity contribution is 6.09. The average Bonchev–Trinajstić information content (AvgIpc) is 2.46. The van der Waals surface area contributed by atoms with Gasteiger partial charge in [-0.3, -0.25) is 0 Å². The minimum Gasteiger partial charge on any atom is -0.0767 e. The van der Waals surface area contributed by atoms with Gasteiger partial charge in [0.1, 0.15) is 0 Å². The summed E-state index contributed by atoms with van der Waals surface area (Å²) < 4.78 is 0. The maximum Gasteiger partial charge on any atom is 0.0233 e. The number of benzene rings is 1. The summed E-state index contributed by atoms with van der Waals surface area (Å²) >= 11 is 0. The molecule has 1 aliphatic rings. The van der Waals surface area contributed by atoms with Crippen LogP contribution in [-0.4, -0.2) is 10.2 Å². The zero-order chi connectivity index (χ0) is 8.55. The molecule has 0 nitrogen and oxygen atoms in total. The van der Waals surface area contributed by atoms with Crippen LogP contribution in [-0.2, 0) is 0 Å². The molecular weight excluding hydrogens is 160 g/mol. The number of hydrogen-bond acceptors (Lipinski definition) is 0. The van der Waals surface area contributed by atoms with Crippen molar-refractivity contribution in [3.63, 3.8) is 0 Å². The van der Waals surface area contributed by atoms with E-state index in [0.29, 0.717) is 5.92 Å². The SMILES string of the molecule is Cc1ccc2c(c1)C(C[Si])C=C2. The van der Waals surface area contributed by atoms with Gasteiger partial charge in [-0.1, -0.05) is 42.0 Å². The van der Waals surface area contributed by atoms with Gasteiger partial charge in [0.2, 0.25) is 0 Å². The van der Waals surface area contributed by atoms with Crippen molar-refractivity contribution < 1.29 is 0 Å². The van der Waals surface area contributed by atoms with Crippen LogP contribution in [0, 0.1) is 6.92 Å². The molecule has 3 radical (unpaired) electrons. The van der Waals surface area contributed by atoms with Crippen molar-refractivity contribution in [2.75, 3.05) is 0 Å². The lowest BCUT2D eigenvalue weighted by Gasteiger charge is -2.08. The molecule has 0 fully saturated rings. The highest BCUT2D eigenvalue weighted by atomic mass is 28.1. The van der Waals surface area contributed by atoms with Gasteiger partial charge in [0, 0.05) is 10.2 Å². The Hall–Kier alpha value is -0.823. The van der Waals surface area contributed by atoms with E-state index in [9.17, 15) is 0 Å². The summed E-state index contributed by atoms with van der Waals surface area (Å²) in [4.78, 5) is 0. The van der Waals surface area contributed by atoms with Crippen LogP contribution >= 0.6 is 0 Å². The minimum atomic E-state index is 0.580. The van der Waals surface area contributed by atoms with E-state index in [1.165, 1.54) is 16.7 Å². The molecule has 0 saturated carbocycles. The predicted octanol–water partition coefficient (Wildman–Crippen LogP) is 2.69. The maximum atomic E-state index is 3.57. The molecule has 1 aromatic carbocycles. The molecule has 59 valence electrons. The third-order valence-corrected chi connectivity index (χ3v) is 2.81. The third kappa shape index (κ3) is 1.14. The normalized spacial score (nSPS) is 19.7. The van der Waals surface area contributed by atoms with Gasteiger partial charge in [0.25, 0.3) is 0 Å². The van der Waals surface area contributed by atoms with E-state index in [2.05, 4.69) is 47.5 Å². The molecule has 0 aliphatic heterocycles. The van der Waals surface area contributed by atoms with Gasteiger partial charge in [-0.25, -0.2) is 0 Å². The molecule has 1 unspecified atom stereocenters. The summed E-state index contributed by atoms with van der Waals surface area (Å²) in [5.74, 6) is 0.580. The van der Waals surface area contributed by atoms with E-state index >= 15 is 0 Å². The second-order valence-electron chi connectivity index (χ2n) is 3.30. The van der Waals surface area contributed by atoms with Crippen LogP contribution < -0.4 is 0 Å². The zero-order valence-corrected chi connectivity index (χ0v) is 8.17. The highest BCUT2D eigenvalue weighted by Gasteiger charge is 2.14. The molecule has 0 bridgehead atoms. The van der Waals surface area contributed by atoms with Gasteiger partial charge >= 0.3 is 0 Å². The second kappa shape index (κ2) is 2.90. The molecule has 0 spiro atoms. The van der Waals surface area contributed by atoms with Crippen molar-refractivity contribution in [1.82, 2.24) is 0 Å². The molecule has 0 saturated heterocycles. The molecule has 1 atom stereocenters. The first kappa shape index (κ1) is 7.81. The topological polar surface area (TPSA) is 0 Å². The van der Waals surface area contributed by atoms with Crippen LogP contribution in [0.25, 0.3) is 6.08 Å². The van der Waals surface area contributed by atoms with E-state index in [1.54, 1.807) is 0 Å². The monoisotopic (exact) mass is 171 g/mol. The molecule has 1 heteroatoms. The molecular formula is C11H11Si. The molecule has 2 rings (SSSR count). The summed E-state index contributed by atoms with van der Waals surface area (Å²) in [5, 5.41) is 0. The fraction of sp³-hybridized carbons (Fsp3) is 0.273. The van der Waals surface area contributed by atoms with Gasteiger partial charge in [-0.2, -0.15) is 0 Å². The van der Waals surface area contributed by atoms with Crippen LogP contribution in [0.5, 0.6) is 0 Å². The Balaban J connectivity index is 2.48. The lowest BCUT2D eigenvalue weighted by molar-refractivity contribution is 0.983. The van der Waals surface area contributed by atoms with Crippen LogP contribution in [0.2, 0.25) is 6.04 Å². The number of allylic oxidation sites excluding steroid dienone is 1. The lowest BCUT2D eigenvalue weighted by atomic mass is 10.0. The Kier molecular flexibility index (Phi) is 1.89. The molecule has 0 heterocycles. The fourth-order valence-electron chi connectivity index (χ4n) is 1.67. The number of aryl methyl sites for hydroxylation is 1. The third-order valence-electron chi connectivity index (χ3n) is 2.37. The lowest BCUT2D eigenvalue weighted by Crippen LogP contribution is -1.92. The van der Waals surface area contributed by atoms with Crippen molar-refractivity contribution in [2.45, 2.75) is 18.9 Å². The molecule has 1 aromatic rings. The molecule has 0 N–H and O–H groups in total. The van der Waals surface area contributed by atoms with Gasteiger partial charge in [0.05, 0.1) is 0 Å². The fourth-order valence-corrected chi connectivity index (χ4v) is 2.02. The van der Waals surface area contributed by atoms with Gasteiger partial charge in [0.15, 0.2) is 0 Å². The Labute approximate surface area is 76.7 Å². The number of hydrogen-bond donors (Lipinski definition) is 0. The number of fused-ring (bicyclic) bond motifs is 1. The van der Waals surface area contributed by atoms with Crippen LogP contribution in [0.4, 0.5) is 0 Å². The highest BCUT2D eigenvalue weighted by Crippen LogP contribution is 2.32. The Bertz CT molecular complexity index is 326. The Morgan fingerprint density at radius 1 is 1.42 bits per heavy atom. The molecule has 0 amide bonds. The summed E-state index contributed by atoms with van der Waals surface area (Å²) in [5.41, 5.74) is 4.19. The smallest absolute Gasteiger partial charge is 0.0233 e. The molecule has 0 aromatic heterocycles. The first-order chi connectivity index (χ1) is 5.81. The van der Waals surface area contributed by atoms with Gasteiger partial charge in [-0.15, -0.1) is 0 Å². The quantitative estimate of drug-likeness (QED) is 0.570. The Morgan fingerprint density at radius 2 is 2.25 bits per heavy atom. The van der Waals surface area contributed by atoms with Crippen molar-refractivity contribution in [3.8, 4) is 0 Å². The maximum absolute atomic E-state index is 3.57. The molecule has 12 heavy (non-hydrogen) atoms. The van der Waals surface area contributed by atoms with E-state index in [4.69, 9.17) is 0 Å². The largest absolute Gasteiger partial charge is 0.0767 e. The number of rotatable bonds is 1. The first-order valence-corrected chi connectivity index (χ1v) is 4.95. The molecule has 1 aliphatic carbocycles. The van der Waals surface area contributed by atoms with Crippen molar-refractivity contribution in [2.24, 2.45) is 0 Å². The Morgan fingerprint density at radius 3 is 3.00 bits per heavy atom. The minimum absolute atomic E-state index is 0.580. The van der Waals surface area contributed by atoms with Crippen molar-refractivity contribution in [1.29, 1.82) is 0 Å². The summed E-state index contributed by atoms with van der Waals surface area (Å²) in [6.45, 7) is 2.14. The summed E-state index contributed by atoms with van der Waals surface area (Å²) in [6.07, 6.45) is 4.47. The van der Waals surface area contributed by atoms with Crippen LogP contribution in [0.1, 0.15) is 22.6 Å². The van der Waals surface area contributed by atoms with E-state index in [0.717, 1.165) is 6.04 Å². The summed E-state index contributed by atoms with van der Waals surface area (Å²) in [6, 6.07) is 7.66. The standard InChI is InChI=1S/C11H11Si/c1-8-2-3-9-4-5-10(7-12)11(9)6-8/h2-6,10H,7H2,1H3. The van der Waals surface area contributed by atoms with Crippen LogP contribution in [0.15, 0.2) is 24.3 Å². The van der Waals surface area contributed by atoms with E-state index in [-0.39, 0.29) is 0 Å². The van der Waals surface area contributed by atoms with Crippen LogP contribution in [0.3, 0.4) is 0 Å². The van der Waals surface area contributed by atoms with E-state index < -0.39 is 0 Å². The van der Waals surface area contributed by atoms with Gasteiger partial charge in [-0.05, 0) is 24.0 Å². The van der Waals surface area contributed by atoms with Gasteiger partial charge < -0.3 is 0 Å².